The number of amides is 1. The number of nitrogens with two attached hydrogens (primary N) is 1. The average molecular weight is 284 g/mol. The van der Waals surface area contributed by atoms with Crippen LogP contribution >= 0.6 is 0 Å². The molecule has 0 fully saturated rings. The molecule has 21 heavy (non-hydrogen) atoms. The summed E-state index contributed by atoms with van der Waals surface area (Å²) in [4.78, 5) is 16.5. The molecular weight excluding hydrogens is 268 g/mol. The minimum absolute atomic E-state index is 0.166. The number of ether oxygens (including phenoxy) is 1. The van der Waals surface area contributed by atoms with Gasteiger partial charge in [-0.3, -0.25) is 15.6 Å². The third kappa shape index (κ3) is 2.53. The van der Waals surface area contributed by atoms with Gasteiger partial charge in [-0.15, -0.1) is 0 Å². The lowest BCUT2D eigenvalue weighted by atomic mass is 10.1. The first-order valence-electron chi connectivity index (χ1n) is 6.65. The van der Waals surface area contributed by atoms with Gasteiger partial charge in [0.05, 0.1) is 17.3 Å². The van der Waals surface area contributed by atoms with Crippen molar-refractivity contribution in [3.05, 3.63) is 53.3 Å². The Hall–Kier alpha value is -2.60. The SMILES string of the molecule is Cc1cc(NN)c(C(=O)NC2COc3ccccc32)cn1. The van der Waals surface area contributed by atoms with Crippen molar-refractivity contribution < 1.29 is 9.53 Å². The number of nitrogens with zero attached hydrogens (tertiary/aromatic N) is 1. The van der Waals surface area contributed by atoms with Crippen LogP contribution in [-0.4, -0.2) is 17.5 Å². The molecule has 1 atom stereocenters. The van der Waals surface area contributed by atoms with Crippen LogP contribution in [-0.2, 0) is 0 Å². The molecule has 0 saturated carbocycles. The fourth-order valence-corrected chi connectivity index (χ4v) is 2.38. The van der Waals surface area contributed by atoms with E-state index in [4.69, 9.17) is 10.6 Å². The molecule has 3 rings (SSSR count). The Kier molecular flexibility index (Phi) is 3.45. The van der Waals surface area contributed by atoms with Crippen LogP contribution in [0.3, 0.4) is 0 Å². The molecule has 1 aliphatic rings. The number of hydrogen-bond donors (Lipinski definition) is 3. The lowest BCUT2D eigenvalue weighted by Gasteiger charge is -2.14. The van der Waals surface area contributed by atoms with Gasteiger partial charge in [0, 0.05) is 17.5 Å². The predicted octanol–water partition coefficient (Wildman–Crippen LogP) is 1.54. The van der Waals surface area contributed by atoms with Crippen molar-refractivity contribution in [2.45, 2.75) is 13.0 Å². The number of fused-ring (bicyclic) bond motifs is 1. The van der Waals surface area contributed by atoms with Gasteiger partial charge in [-0.2, -0.15) is 0 Å². The van der Waals surface area contributed by atoms with Gasteiger partial charge in [-0.05, 0) is 19.1 Å². The number of pyridine rings is 1. The number of hydrogen-bond acceptors (Lipinski definition) is 5. The number of carbonyl (C=O) groups excluding carboxylic acids is 1. The Balaban J connectivity index is 1.82. The highest BCUT2D eigenvalue weighted by Crippen LogP contribution is 2.32. The van der Waals surface area contributed by atoms with Crippen LogP contribution in [0.4, 0.5) is 5.69 Å². The zero-order valence-electron chi connectivity index (χ0n) is 11.6. The van der Waals surface area contributed by atoms with E-state index >= 15 is 0 Å². The second kappa shape index (κ2) is 5.41. The minimum Gasteiger partial charge on any atom is -0.491 e. The molecule has 2 aromatic rings. The zero-order valence-corrected chi connectivity index (χ0v) is 11.6. The summed E-state index contributed by atoms with van der Waals surface area (Å²) >= 11 is 0. The number of benzene rings is 1. The lowest BCUT2D eigenvalue weighted by molar-refractivity contribution is 0.0930. The molecule has 6 nitrogen and oxygen atoms in total. The first kappa shape index (κ1) is 13.4. The molecule has 1 amide bonds. The Morgan fingerprint density at radius 2 is 2.24 bits per heavy atom. The molecular formula is C15H16N4O2. The number of hydrazine groups is 1. The van der Waals surface area contributed by atoms with Gasteiger partial charge in [-0.1, -0.05) is 18.2 Å². The Morgan fingerprint density at radius 3 is 3.05 bits per heavy atom. The van der Waals surface area contributed by atoms with Gasteiger partial charge in [0.25, 0.3) is 5.91 Å². The summed E-state index contributed by atoms with van der Waals surface area (Å²) in [5.41, 5.74) is 5.25. The van der Waals surface area contributed by atoms with Gasteiger partial charge in [0.2, 0.25) is 0 Å². The van der Waals surface area contributed by atoms with Crippen LogP contribution in [0.2, 0.25) is 0 Å². The van der Waals surface area contributed by atoms with Gasteiger partial charge < -0.3 is 15.5 Å². The molecule has 1 aromatic heterocycles. The van der Waals surface area contributed by atoms with Crippen molar-refractivity contribution in [1.29, 1.82) is 0 Å². The molecule has 0 spiro atoms. The van der Waals surface area contributed by atoms with E-state index in [1.54, 1.807) is 6.07 Å². The lowest BCUT2D eigenvalue weighted by Crippen LogP contribution is -2.30. The van der Waals surface area contributed by atoms with E-state index in [0.717, 1.165) is 17.0 Å². The normalized spacial score (nSPS) is 16.0. The number of nitrogens with one attached hydrogen (secondary N) is 2. The molecule has 0 bridgehead atoms. The predicted molar refractivity (Wildman–Crippen MR) is 78.9 cm³/mol. The Morgan fingerprint density at radius 1 is 1.43 bits per heavy atom. The maximum absolute atomic E-state index is 12.4. The Labute approximate surface area is 122 Å². The highest BCUT2D eigenvalue weighted by molar-refractivity contribution is 5.99. The fraction of sp³-hybridized carbons (Fsp3) is 0.200. The zero-order chi connectivity index (χ0) is 14.8. The molecule has 4 N–H and O–H groups in total. The molecule has 6 heteroatoms. The van der Waals surface area contributed by atoms with E-state index < -0.39 is 0 Å². The number of nitrogen functional groups attached to an aromatic ring is 1. The highest BCUT2D eigenvalue weighted by Gasteiger charge is 2.26. The molecule has 1 aliphatic heterocycles. The van der Waals surface area contributed by atoms with Crippen LogP contribution in [0.1, 0.15) is 27.7 Å². The van der Waals surface area contributed by atoms with Crippen molar-refractivity contribution in [2.75, 3.05) is 12.0 Å². The summed E-state index contributed by atoms with van der Waals surface area (Å²) in [7, 11) is 0. The first-order chi connectivity index (χ1) is 10.2. The molecule has 0 radical (unpaired) electrons. The van der Waals surface area contributed by atoms with Crippen LogP contribution in [0.25, 0.3) is 0 Å². The number of carbonyl (C=O) groups is 1. The third-order valence-corrected chi connectivity index (χ3v) is 3.45. The van der Waals surface area contributed by atoms with E-state index in [1.807, 2.05) is 31.2 Å². The first-order valence-corrected chi connectivity index (χ1v) is 6.65. The van der Waals surface area contributed by atoms with Gasteiger partial charge in [0.1, 0.15) is 12.4 Å². The van der Waals surface area contributed by atoms with E-state index in [1.165, 1.54) is 6.20 Å². The number of rotatable bonds is 3. The third-order valence-electron chi connectivity index (χ3n) is 3.45. The average Bonchev–Trinajstić information content (AvgIpc) is 2.90. The monoisotopic (exact) mass is 284 g/mol. The van der Waals surface area contributed by atoms with E-state index in [0.29, 0.717) is 17.9 Å². The number of aromatic nitrogens is 1. The van der Waals surface area contributed by atoms with E-state index in [2.05, 4.69) is 15.7 Å². The number of aryl methyl sites for hydroxylation is 1. The van der Waals surface area contributed by atoms with Crippen LogP contribution in [0, 0.1) is 6.92 Å². The fourth-order valence-electron chi connectivity index (χ4n) is 2.38. The van der Waals surface area contributed by atoms with Gasteiger partial charge in [0.15, 0.2) is 0 Å². The number of anilines is 1. The second-order valence-electron chi connectivity index (χ2n) is 4.89. The highest BCUT2D eigenvalue weighted by atomic mass is 16.5. The Bertz CT molecular complexity index is 687. The van der Waals surface area contributed by atoms with Crippen LogP contribution in [0.5, 0.6) is 5.75 Å². The number of para-hydroxylation sites is 1. The van der Waals surface area contributed by atoms with Crippen molar-refractivity contribution in [3.8, 4) is 5.75 Å². The van der Waals surface area contributed by atoms with Gasteiger partial charge in [-0.25, -0.2) is 0 Å². The summed E-state index contributed by atoms with van der Waals surface area (Å²) < 4.78 is 5.55. The van der Waals surface area contributed by atoms with Crippen molar-refractivity contribution in [2.24, 2.45) is 5.84 Å². The summed E-state index contributed by atoms with van der Waals surface area (Å²) in [6, 6.07) is 9.23. The summed E-state index contributed by atoms with van der Waals surface area (Å²) in [5.74, 6) is 6.03. The molecule has 0 saturated heterocycles. The largest absolute Gasteiger partial charge is 0.491 e. The van der Waals surface area contributed by atoms with E-state index in [-0.39, 0.29) is 11.9 Å². The molecule has 0 aliphatic carbocycles. The van der Waals surface area contributed by atoms with Crippen molar-refractivity contribution >= 4 is 11.6 Å². The topological polar surface area (TPSA) is 89.3 Å². The molecule has 1 aromatic carbocycles. The maximum atomic E-state index is 12.4. The van der Waals surface area contributed by atoms with Crippen molar-refractivity contribution in [1.82, 2.24) is 10.3 Å². The minimum atomic E-state index is -0.235. The van der Waals surface area contributed by atoms with Crippen LogP contribution < -0.4 is 21.3 Å². The molecule has 1 unspecified atom stereocenters. The summed E-state index contributed by atoms with van der Waals surface area (Å²) in [6.45, 7) is 2.26. The van der Waals surface area contributed by atoms with Crippen molar-refractivity contribution in [3.63, 3.8) is 0 Å². The summed E-state index contributed by atoms with van der Waals surface area (Å²) in [5, 5.41) is 2.95. The maximum Gasteiger partial charge on any atom is 0.255 e. The quantitative estimate of drug-likeness (QED) is 0.587. The van der Waals surface area contributed by atoms with Gasteiger partial charge >= 0.3 is 0 Å². The molecule has 108 valence electrons. The second-order valence-corrected chi connectivity index (χ2v) is 4.89. The van der Waals surface area contributed by atoms with Crippen LogP contribution in [0.15, 0.2) is 36.5 Å². The van der Waals surface area contributed by atoms with E-state index in [9.17, 15) is 4.79 Å². The molecule has 2 heterocycles. The summed E-state index contributed by atoms with van der Waals surface area (Å²) in [6.07, 6.45) is 1.52. The smallest absolute Gasteiger partial charge is 0.255 e. The standard InChI is InChI=1S/C15H16N4O2/c1-9-6-12(19-16)11(7-17-9)15(20)18-13-8-21-14-5-3-2-4-10(13)14/h2-7,13H,8,16H2,1H3,(H,17,19)(H,18,20).